The van der Waals surface area contributed by atoms with Crippen molar-refractivity contribution in [1.82, 2.24) is 15.1 Å². The third-order valence-electron chi connectivity index (χ3n) is 9.90. The van der Waals surface area contributed by atoms with Crippen LogP contribution < -0.4 is 5.32 Å². The van der Waals surface area contributed by atoms with E-state index in [1.54, 1.807) is 12.1 Å². The number of carbonyl (C=O) groups excluding carboxylic acids is 2. The van der Waals surface area contributed by atoms with Crippen LogP contribution in [0.3, 0.4) is 0 Å². The molecule has 2 heterocycles. The normalized spacial score (nSPS) is 17.6. The molecule has 12 nitrogen and oxygen atoms in total. The van der Waals surface area contributed by atoms with E-state index in [1.165, 1.54) is 30.2 Å². The van der Waals surface area contributed by atoms with Gasteiger partial charge in [0.25, 0.3) is 5.69 Å². The molecule has 1 fully saturated rings. The number of carbonyl (C=O) groups is 2. The van der Waals surface area contributed by atoms with Gasteiger partial charge in [-0.25, -0.2) is 0 Å². The summed E-state index contributed by atoms with van der Waals surface area (Å²) >= 11 is 0. The number of hydrogen-bond donors (Lipinski definition) is 1. The molecule has 0 saturated carbocycles. The van der Waals surface area contributed by atoms with Crippen molar-refractivity contribution in [2.45, 2.75) is 44.4 Å². The molecule has 0 radical (unpaired) electrons. The molecule has 0 aromatic heterocycles. The molecule has 5 rings (SSSR count). The summed E-state index contributed by atoms with van der Waals surface area (Å²) in [5.74, 6) is -0.838. The molecule has 0 bridgehead atoms. The Morgan fingerprint density at radius 3 is 2.20 bits per heavy atom. The van der Waals surface area contributed by atoms with Gasteiger partial charge in [0.05, 0.1) is 35.4 Å². The van der Waals surface area contributed by atoms with Crippen molar-refractivity contribution in [2.24, 2.45) is 5.11 Å². The first kappa shape index (κ1) is 36.0. The van der Waals surface area contributed by atoms with Crippen LogP contribution in [-0.4, -0.2) is 72.9 Å². The van der Waals surface area contributed by atoms with Gasteiger partial charge < -0.3 is 19.9 Å². The van der Waals surface area contributed by atoms with Crippen molar-refractivity contribution >= 4 is 17.9 Å². The standard InChI is InChI=1S/C38H43N7O5/c1-28-35(29(2)47)36(30-14-16-33(17-15-30)45(48)49)37(40-27-46)34(26-50-25-20-41-42-39)44(28)22-9-21-43-23-18-38(19-24-43,31-10-5-3-6-11-31)32-12-7-4-8-13-32/h3-8,10-17,27,36H,9,18-26H2,1-2H3,(H,40,46). The van der Waals surface area contributed by atoms with Crippen molar-refractivity contribution < 1.29 is 19.2 Å². The monoisotopic (exact) mass is 677 g/mol. The number of nitro groups is 1. The molecule has 50 heavy (non-hydrogen) atoms. The Bertz CT molecular complexity index is 1720. The van der Waals surface area contributed by atoms with Crippen LogP contribution in [-0.2, 0) is 19.7 Å². The van der Waals surface area contributed by atoms with E-state index >= 15 is 0 Å². The lowest BCUT2D eigenvalue weighted by molar-refractivity contribution is -0.384. The van der Waals surface area contributed by atoms with Gasteiger partial charge in [0.1, 0.15) is 0 Å². The number of benzene rings is 3. The summed E-state index contributed by atoms with van der Waals surface area (Å²) in [6.45, 7) is 7.05. The van der Waals surface area contributed by atoms with Gasteiger partial charge in [0.15, 0.2) is 5.78 Å². The number of rotatable bonds is 16. The molecule has 1 unspecified atom stereocenters. The van der Waals surface area contributed by atoms with Crippen molar-refractivity contribution in [3.63, 3.8) is 0 Å². The van der Waals surface area contributed by atoms with E-state index in [2.05, 4.69) is 80.9 Å². The summed E-state index contributed by atoms with van der Waals surface area (Å²) in [6, 6.07) is 27.5. The number of amides is 1. The van der Waals surface area contributed by atoms with E-state index in [4.69, 9.17) is 10.3 Å². The van der Waals surface area contributed by atoms with Gasteiger partial charge in [-0.3, -0.25) is 19.7 Å². The molecule has 1 atom stereocenters. The van der Waals surface area contributed by atoms with E-state index in [0.717, 1.165) is 44.6 Å². The van der Waals surface area contributed by atoms with E-state index in [9.17, 15) is 19.7 Å². The Hall–Kier alpha value is -5.29. The quantitative estimate of drug-likeness (QED) is 0.0340. The Morgan fingerprint density at radius 1 is 1.04 bits per heavy atom. The number of azide groups is 1. The number of nitrogens with zero attached hydrogens (tertiary/aromatic N) is 6. The second-order valence-electron chi connectivity index (χ2n) is 12.6. The molecule has 12 heteroatoms. The van der Waals surface area contributed by atoms with Gasteiger partial charge in [-0.2, -0.15) is 0 Å². The number of Topliss-reactive ketones (excluding diaryl/α,β-unsaturated/α-hetero) is 1. The average molecular weight is 678 g/mol. The summed E-state index contributed by atoms with van der Waals surface area (Å²) in [5.41, 5.74) is 14.3. The van der Waals surface area contributed by atoms with Crippen LogP contribution in [0.2, 0.25) is 0 Å². The maximum Gasteiger partial charge on any atom is 0.269 e. The zero-order chi connectivity index (χ0) is 35.5. The van der Waals surface area contributed by atoms with Crippen LogP contribution >= 0.6 is 0 Å². The van der Waals surface area contributed by atoms with Crippen LogP contribution in [0.5, 0.6) is 0 Å². The zero-order valence-corrected chi connectivity index (χ0v) is 28.5. The molecule has 1 amide bonds. The highest BCUT2D eigenvalue weighted by Gasteiger charge is 2.39. The summed E-state index contributed by atoms with van der Waals surface area (Å²) in [6.07, 6.45) is 3.34. The average Bonchev–Trinajstić information content (AvgIpc) is 3.14. The summed E-state index contributed by atoms with van der Waals surface area (Å²) in [4.78, 5) is 43.5. The molecule has 1 saturated heterocycles. The fourth-order valence-electron chi connectivity index (χ4n) is 7.47. The molecule has 3 aromatic rings. The molecule has 260 valence electrons. The molecular weight excluding hydrogens is 634 g/mol. The fraction of sp³-hybridized carbons (Fsp3) is 0.368. The lowest BCUT2D eigenvalue weighted by atomic mass is 9.68. The van der Waals surface area contributed by atoms with Gasteiger partial charge >= 0.3 is 0 Å². The van der Waals surface area contributed by atoms with Crippen LogP contribution in [0.15, 0.2) is 113 Å². The molecule has 2 aliphatic rings. The smallest absolute Gasteiger partial charge is 0.269 e. The minimum atomic E-state index is -0.670. The summed E-state index contributed by atoms with van der Waals surface area (Å²) in [7, 11) is 0. The predicted octanol–water partition coefficient (Wildman–Crippen LogP) is 6.61. The third-order valence-corrected chi connectivity index (χ3v) is 9.90. The molecule has 2 aliphatic heterocycles. The van der Waals surface area contributed by atoms with E-state index in [1.807, 2.05) is 11.8 Å². The number of ether oxygens (including phenoxy) is 1. The predicted molar refractivity (Wildman–Crippen MR) is 191 cm³/mol. The second-order valence-corrected chi connectivity index (χ2v) is 12.6. The minimum absolute atomic E-state index is 0.0489. The molecular formula is C38H43N7O5. The van der Waals surface area contributed by atoms with Crippen LogP contribution in [0.25, 0.3) is 10.4 Å². The largest absolute Gasteiger partial charge is 0.375 e. The first-order valence-electron chi connectivity index (χ1n) is 16.9. The van der Waals surface area contributed by atoms with Crippen molar-refractivity contribution in [2.75, 3.05) is 45.9 Å². The number of likely N-dealkylation sites (tertiary alicyclic amines) is 1. The maximum atomic E-state index is 13.3. The van der Waals surface area contributed by atoms with E-state index in [0.29, 0.717) is 35.5 Å². The number of piperidine rings is 1. The Morgan fingerprint density at radius 2 is 1.66 bits per heavy atom. The zero-order valence-electron chi connectivity index (χ0n) is 28.5. The lowest BCUT2D eigenvalue weighted by Gasteiger charge is -2.43. The maximum absolute atomic E-state index is 13.3. The molecule has 0 aliphatic carbocycles. The Balaban J connectivity index is 1.39. The SMILES string of the molecule is CC(=O)C1=C(C)N(CCCN2CCC(c3ccccc3)(c3ccccc3)CC2)C(COCCN=[N+]=[N-])=C(NC=O)C1c1ccc([N+](=O)[O-])cc1. The summed E-state index contributed by atoms with van der Waals surface area (Å²) in [5, 5.41) is 17.8. The van der Waals surface area contributed by atoms with Gasteiger partial charge in [-0.15, -0.1) is 0 Å². The van der Waals surface area contributed by atoms with Gasteiger partial charge in [-0.05, 0) is 75.0 Å². The Kier molecular flexibility index (Phi) is 12.2. The highest BCUT2D eigenvalue weighted by atomic mass is 16.6. The number of nitro benzene ring substituents is 1. The van der Waals surface area contributed by atoms with Crippen LogP contribution in [0, 0.1) is 10.1 Å². The molecule has 1 N–H and O–H groups in total. The van der Waals surface area contributed by atoms with Crippen LogP contribution in [0.1, 0.15) is 55.7 Å². The topological polar surface area (TPSA) is 154 Å². The van der Waals surface area contributed by atoms with Gasteiger partial charge in [-0.1, -0.05) is 77.9 Å². The fourth-order valence-corrected chi connectivity index (χ4v) is 7.47. The van der Waals surface area contributed by atoms with E-state index < -0.39 is 10.8 Å². The number of allylic oxidation sites excluding steroid dienone is 2. The van der Waals surface area contributed by atoms with Gasteiger partial charge in [0.2, 0.25) is 6.41 Å². The highest BCUT2D eigenvalue weighted by molar-refractivity contribution is 5.97. The second kappa shape index (κ2) is 16.9. The van der Waals surface area contributed by atoms with Crippen molar-refractivity contribution in [1.29, 1.82) is 0 Å². The first-order chi connectivity index (χ1) is 24.3. The lowest BCUT2D eigenvalue weighted by Crippen LogP contribution is -2.44. The Labute approximate surface area is 292 Å². The molecule has 3 aromatic carbocycles. The molecule has 0 spiro atoms. The number of non-ortho nitro benzene ring substituents is 1. The summed E-state index contributed by atoms with van der Waals surface area (Å²) < 4.78 is 5.94. The van der Waals surface area contributed by atoms with Crippen molar-refractivity contribution in [3.05, 3.63) is 145 Å². The number of ketones is 1. The van der Waals surface area contributed by atoms with Gasteiger partial charge in [0, 0.05) is 46.8 Å². The van der Waals surface area contributed by atoms with Crippen LogP contribution in [0.4, 0.5) is 5.69 Å². The third kappa shape index (κ3) is 7.94. The minimum Gasteiger partial charge on any atom is -0.375 e. The van der Waals surface area contributed by atoms with E-state index in [-0.39, 0.29) is 36.6 Å². The highest BCUT2D eigenvalue weighted by Crippen LogP contribution is 2.43. The first-order valence-corrected chi connectivity index (χ1v) is 16.9. The number of nitrogens with one attached hydrogen (secondary N) is 1. The number of hydrogen-bond acceptors (Lipinski definition) is 8. The van der Waals surface area contributed by atoms with Crippen molar-refractivity contribution in [3.8, 4) is 0 Å².